The van der Waals surface area contributed by atoms with Crippen LogP contribution in [0.1, 0.15) is 55.4 Å². The molecule has 1 atom stereocenters. The summed E-state index contributed by atoms with van der Waals surface area (Å²) < 4.78 is 5.78. The molecule has 21 heavy (non-hydrogen) atoms. The van der Waals surface area contributed by atoms with Crippen LogP contribution in [0.4, 0.5) is 0 Å². The lowest BCUT2D eigenvalue weighted by molar-refractivity contribution is 0.442. The fraction of sp³-hybridized carbons (Fsp3) is 0.444. The van der Waals surface area contributed by atoms with E-state index in [0.29, 0.717) is 12.0 Å². The van der Waals surface area contributed by atoms with Crippen molar-refractivity contribution in [3.63, 3.8) is 0 Å². The molecule has 114 valence electrons. The molecule has 0 amide bonds. The van der Waals surface area contributed by atoms with Gasteiger partial charge in [0.25, 0.3) is 0 Å². The van der Waals surface area contributed by atoms with Crippen LogP contribution in [0.15, 0.2) is 40.8 Å². The minimum Gasteiger partial charge on any atom is -0.464 e. The molecule has 0 saturated carbocycles. The lowest BCUT2D eigenvalue weighted by Crippen LogP contribution is -2.17. The molecule has 0 aliphatic heterocycles. The van der Waals surface area contributed by atoms with Crippen molar-refractivity contribution in [3.05, 3.63) is 59.0 Å². The summed E-state index contributed by atoms with van der Waals surface area (Å²) in [4.78, 5) is 0. The summed E-state index contributed by atoms with van der Waals surface area (Å²) in [6.07, 6.45) is 2.09. The Hall–Kier alpha value is -1.19. The number of hydrogen-bond donors (Lipinski definition) is 1. The van der Waals surface area contributed by atoms with E-state index < -0.39 is 0 Å². The predicted molar refractivity (Wildman–Crippen MR) is 91.7 cm³/mol. The third-order valence-corrected chi connectivity index (χ3v) is 4.26. The first-order valence-corrected chi connectivity index (χ1v) is 8.89. The zero-order chi connectivity index (χ0) is 15.2. The fourth-order valence-electron chi connectivity index (χ4n) is 2.28. The maximum absolute atomic E-state index is 5.78. The third kappa shape index (κ3) is 4.65. The first kappa shape index (κ1) is 16.2. The van der Waals surface area contributed by atoms with Crippen molar-refractivity contribution < 1.29 is 4.42 Å². The van der Waals surface area contributed by atoms with Crippen molar-refractivity contribution in [2.24, 2.45) is 0 Å². The Morgan fingerprint density at radius 3 is 2.19 bits per heavy atom. The van der Waals surface area contributed by atoms with Crippen molar-refractivity contribution in [1.82, 2.24) is 5.32 Å². The molecule has 0 fully saturated rings. The smallest absolute Gasteiger partial charge is 0.118 e. The Kier molecular flexibility index (Phi) is 5.95. The molecule has 2 rings (SSSR count). The number of thioether (sulfide) groups is 1. The molecule has 0 saturated heterocycles. The summed E-state index contributed by atoms with van der Waals surface area (Å²) in [5.74, 6) is 3.57. The molecule has 1 aromatic heterocycles. The Morgan fingerprint density at radius 2 is 1.57 bits per heavy atom. The van der Waals surface area contributed by atoms with Crippen LogP contribution in [-0.4, -0.2) is 6.26 Å². The van der Waals surface area contributed by atoms with Crippen LogP contribution in [-0.2, 0) is 12.3 Å². The molecule has 0 spiro atoms. The molecule has 3 heteroatoms. The molecular formula is C18H25NOS. The summed E-state index contributed by atoms with van der Waals surface area (Å²) in [7, 11) is 0. The molecule has 0 radical (unpaired) electrons. The van der Waals surface area contributed by atoms with E-state index >= 15 is 0 Å². The van der Waals surface area contributed by atoms with Crippen molar-refractivity contribution >= 4 is 11.8 Å². The van der Waals surface area contributed by atoms with Crippen molar-refractivity contribution in [2.75, 3.05) is 6.26 Å². The molecule has 0 aliphatic carbocycles. The van der Waals surface area contributed by atoms with Crippen LogP contribution in [0.5, 0.6) is 0 Å². The average molecular weight is 303 g/mol. The van der Waals surface area contributed by atoms with Gasteiger partial charge in [0.2, 0.25) is 0 Å². The van der Waals surface area contributed by atoms with E-state index in [1.807, 2.05) is 0 Å². The molecule has 0 aliphatic rings. The van der Waals surface area contributed by atoms with Crippen molar-refractivity contribution in [1.29, 1.82) is 0 Å². The van der Waals surface area contributed by atoms with Crippen molar-refractivity contribution in [2.45, 2.75) is 45.0 Å². The molecule has 1 aromatic carbocycles. The second-order valence-electron chi connectivity index (χ2n) is 5.72. The van der Waals surface area contributed by atoms with E-state index in [1.54, 1.807) is 11.8 Å². The van der Waals surface area contributed by atoms with Gasteiger partial charge in [-0.25, -0.2) is 0 Å². The normalized spacial score (nSPS) is 12.8. The standard InChI is InChI=1S/C18H25NOS/c1-13(2)15-5-7-16(8-6-15)14(3)19-11-17-9-10-18(20-17)12-21-4/h5-10,13-14,19H,11-12H2,1-4H3. The van der Waals surface area contributed by atoms with Gasteiger partial charge in [0.15, 0.2) is 0 Å². The zero-order valence-electron chi connectivity index (χ0n) is 13.3. The fourth-order valence-corrected chi connectivity index (χ4v) is 2.72. The van der Waals surface area contributed by atoms with E-state index in [2.05, 4.69) is 68.7 Å². The van der Waals surface area contributed by atoms with E-state index in [9.17, 15) is 0 Å². The molecule has 2 aromatic rings. The Balaban J connectivity index is 1.89. The highest BCUT2D eigenvalue weighted by Crippen LogP contribution is 2.19. The largest absolute Gasteiger partial charge is 0.464 e. The quantitative estimate of drug-likeness (QED) is 0.769. The highest BCUT2D eigenvalue weighted by Gasteiger charge is 2.08. The number of hydrogen-bond acceptors (Lipinski definition) is 3. The van der Waals surface area contributed by atoms with Crippen LogP contribution in [0.3, 0.4) is 0 Å². The van der Waals surface area contributed by atoms with Gasteiger partial charge in [0.1, 0.15) is 11.5 Å². The summed E-state index contributed by atoms with van der Waals surface area (Å²) >= 11 is 1.78. The Bertz CT molecular complexity index is 545. The summed E-state index contributed by atoms with van der Waals surface area (Å²) in [6, 6.07) is 13.3. The minimum atomic E-state index is 0.320. The maximum atomic E-state index is 5.78. The third-order valence-electron chi connectivity index (χ3n) is 3.69. The van der Waals surface area contributed by atoms with Crippen LogP contribution in [0.25, 0.3) is 0 Å². The number of furan rings is 1. The predicted octanol–water partition coefficient (Wildman–Crippen LogP) is 5.12. The van der Waals surface area contributed by atoms with Gasteiger partial charge in [-0.15, -0.1) is 0 Å². The maximum Gasteiger partial charge on any atom is 0.118 e. The lowest BCUT2D eigenvalue weighted by atomic mass is 9.99. The van der Waals surface area contributed by atoms with Gasteiger partial charge in [-0.2, -0.15) is 11.8 Å². The molecule has 0 bridgehead atoms. The molecule has 1 N–H and O–H groups in total. The topological polar surface area (TPSA) is 25.2 Å². The second kappa shape index (κ2) is 7.71. The Morgan fingerprint density at radius 1 is 0.952 bits per heavy atom. The van der Waals surface area contributed by atoms with Gasteiger partial charge in [0, 0.05) is 6.04 Å². The van der Waals surface area contributed by atoms with Gasteiger partial charge in [-0.05, 0) is 42.4 Å². The number of rotatable bonds is 7. The van der Waals surface area contributed by atoms with E-state index in [1.165, 1.54) is 11.1 Å². The Labute approximate surface area is 132 Å². The van der Waals surface area contributed by atoms with Crippen LogP contribution in [0.2, 0.25) is 0 Å². The summed E-state index contributed by atoms with van der Waals surface area (Å²) in [5.41, 5.74) is 2.70. The van der Waals surface area contributed by atoms with Gasteiger partial charge >= 0.3 is 0 Å². The SMILES string of the molecule is CSCc1ccc(CNC(C)c2ccc(C(C)C)cc2)o1. The minimum absolute atomic E-state index is 0.320. The van der Waals surface area contributed by atoms with Crippen LogP contribution in [0, 0.1) is 0 Å². The lowest BCUT2D eigenvalue weighted by Gasteiger charge is -2.14. The monoisotopic (exact) mass is 303 g/mol. The average Bonchev–Trinajstić information content (AvgIpc) is 2.93. The summed E-state index contributed by atoms with van der Waals surface area (Å²) in [5, 5.41) is 3.52. The van der Waals surface area contributed by atoms with Crippen LogP contribution < -0.4 is 5.32 Å². The van der Waals surface area contributed by atoms with Crippen LogP contribution >= 0.6 is 11.8 Å². The van der Waals surface area contributed by atoms with Gasteiger partial charge < -0.3 is 9.73 Å². The molecule has 1 heterocycles. The number of benzene rings is 1. The molecule has 1 unspecified atom stereocenters. The van der Waals surface area contributed by atoms with Crippen molar-refractivity contribution in [3.8, 4) is 0 Å². The van der Waals surface area contributed by atoms with E-state index in [4.69, 9.17) is 4.42 Å². The first-order chi connectivity index (χ1) is 10.1. The second-order valence-corrected chi connectivity index (χ2v) is 6.59. The van der Waals surface area contributed by atoms with E-state index in [0.717, 1.165) is 23.8 Å². The number of nitrogens with one attached hydrogen (secondary N) is 1. The van der Waals surface area contributed by atoms with E-state index in [-0.39, 0.29) is 0 Å². The van der Waals surface area contributed by atoms with Gasteiger partial charge in [-0.1, -0.05) is 38.1 Å². The summed E-state index contributed by atoms with van der Waals surface area (Å²) in [6.45, 7) is 7.40. The molecule has 2 nitrogen and oxygen atoms in total. The van der Waals surface area contributed by atoms with Gasteiger partial charge in [-0.3, -0.25) is 0 Å². The highest BCUT2D eigenvalue weighted by molar-refractivity contribution is 7.97. The zero-order valence-corrected chi connectivity index (χ0v) is 14.2. The van der Waals surface area contributed by atoms with Gasteiger partial charge in [0.05, 0.1) is 12.3 Å². The highest BCUT2D eigenvalue weighted by atomic mass is 32.2. The molecular weight excluding hydrogens is 278 g/mol. The first-order valence-electron chi connectivity index (χ1n) is 7.50.